The fourth-order valence-corrected chi connectivity index (χ4v) is 3.54. The average molecular weight is 459 g/mol. The summed E-state index contributed by atoms with van der Waals surface area (Å²) in [6.07, 6.45) is 4.41. The molecule has 174 valence electrons. The summed E-state index contributed by atoms with van der Waals surface area (Å²) >= 11 is 0. The van der Waals surface area contributed by atoms with E-state index in [1.807, 2.05) is 41.9 Å². The number of para-hydroxylation sites is 1. The van der Waals surface area contributed by atoms with Crippen LogP contribution in [0.1, 0.15) is 38.4 Å². The molecule has 0 saturated heterocycles. The smallest absolute Gasteiger partial charge is 0.255 e. The van der Waals surface area contributed by atoms with Crippen molar-refractivity contribution in [2.24, 2.45) is 0 Å². The predicted octanol–water partition coefficient (Wildman–Crippen LogP) is 3.48. The van der Waals surface area contributed by atoms with E-state index in [0.29, 0.717) is 36.4 Å². The number of phenolic OH excluding ortho intramolecular Hbond substituents is 1. The first-order chi connectivity index (χ1) is 16.5. The van der Waals surface area contributed by atoms with Crippen LogP contribution in [-0.4, -0.2) is 39.4 Å². The van der Waals surface area contributed by atoms with Crippen molar-refractivity contribution in [3.63, 3.8) is 0 Å². The second-order valence-electron chi connectivity index (χ2n) is 7.85. The molecule has 0 fully saturated rings. The van der Waals surface area contributed by atoms with E-state index in [1.165, 1.54) is 12.1 Å². The number of hydrogen-bond acceptors (Lipinski definition) is 5. The maximum Gasteiger partial charge on any atom is 0.255 e. The van der Waals surface area contributed by atoms with Crippen molar-refractivity contribution >= 4 is 17.5 Å². The van der Waals surface area contributed by atoms with Gasteiger partial charge in [0.05, 0.1) is 11.3 Å². The van der Waals surface area contributed by atoms with Gasteiger partial charge in [0.15, 0.2) is 0 Å². The number of aryl methyl sites for hydroxylation is 1. The molecule has 2 amide bonds. The Morgan fingerprint density at radius 3 is 2.59 bits per heavy atom. The van der Waals surface area contributed by atoms with Crippen molar-refractivity contribution in [1.82, 2.24) is 20.0 Å². The summed E-state index contributed by atoms with van der Waals surface area (Å²) in [5.41, 5.74) is 3.55. The zero-order valence-corrected chi connectivity index (χ0v) is 18.8. The largest absolute Gasteiger partial charge is 0.508 e. The summed E-state index contributed by atoms with van der Waals surface area (Å²) in [5.74, 6) is -0.00747. The van der Waals surface area contributed by atoms with Crippen molar-refractivity contribution in [3.05, 3.63) is 95.4 Å². The Morgan fingerprint density at radius 1 is 1.00 bits per heavy atom. The number of ether oxygens (including phenoxy) is 1. The minimum Gasteiger partial charge on any atom is -0.508 e. The van der Waals surface area contributed by atoms with Crippen LogP contribution in [0.2, 0.25) is 0 Å². The van der Waals surface area contributed by atoms with Crippen LogP contribution in [-0.2, 0) is 6.61 Å². The number of amides is 2. The highest BCUT2D eigenvalue weighted by atomic mass is 16.5. The number of fused-ring (bicyclic) bond motifs is 1. The van der Waals surface area contributed by atoms with E-state index in [4.69, 9.17) is 4.74 Å². The van der Waals surface area contributed by atoms with E-state index >= 15 is 0 Å². The van der Waals surface area contributed by atoms with Gasteiger partial charge in [-0.1, -0.05) is 24.3 Å². The maximum absolute atomic E-state index is 12.7. The lowest BCUT2D eigenvalue weighted by molar-refractivity contribution is 0.0948. The van der Waals surface area contributed by atoms with Crippen LogP contribution in [0.5, 0.6) is 11.5 Å². The first kappa shape index (κ1) is 22.8. The number of nitrogens with zero attached hydrogens (tertiary/aromatic N) is 2. The molecule has 0 aliphatic rings. The van der Waals surface area contributed by atoms with E-state index in [2.05, 4.69) is 15.6 Å². The number of benzene rings is 2. The quantitative estimate of drug-likeness (QED) is 0.333. The lowest BCUT2D eigenvalue weighted by atomic mass is 10.2. The van der Waals surface area contributed by atoms with Crippen molar-refractivity contribution in [3.8, 4) is 11.5 Å². The molecule has 0 atom stereocenters. The van der Waals surface area contributed by atoms with Crippen LogP contribution < -0.4 is 15.4 Å². The highest BCUT2D eigenvalue weighted by Gasteiger charge is 2.13. The molecular formula is C26H26N4O4. The number of rotatable bonds is 9. The summed E-state index contributed by atoms with van der Waals surface area (Å²) < 4.78 is 7.87. The SMILES string of the molecule is Cc1cccn2cc(COc3ccccc3C(=O)NCCCNC(=O)c3cccc(O)c3)nc12. The number of aromatic hydroxyl groups is 1. The van der Waals surface area contributed by atoms with Crippen LogP contribution in [0.3, 0.4) is 0 Å². The number of carbonyl (C=O) groups is 2. The average Bonchev–Trinajstić information content (AvgIpc) is 3.27. The molecule has 0 spiro atoms. The maximum atomic E-state index is 12.7. The lowest BCUT2D eigenvalue weighted by Crippen LogP contribution is -2.30. The van der Waals surface area contributed by atoms with E-state index in [0.717, 1.165) is 16.9 Å². The monoisotopic (exact) mass is 458 g/mol. The molecule has 8 heteroatoms. The molecule has 2 aromatic heterocycles. The van der Waals surface area contributed by atoms with Gasteiger partial charge in [-0.2, -0.15) is 0 Å². The zero-order chi connectivity index (χ0) is 23.9. The van der Waals surface area contributed by atoms with Gasteiger partial charge in [0.25, 0.3) is 11.8 Å². The molecule has 4 rings (SSSR count). The molecule has 0 aliphatic carbocycles. The lowest BCUT2D eigenvalue weighted by Gasteiger charge is -2.11. The molecule has 0 saturated carbocycles. The molecule has 2 aromatic carbocycles. The number of hydrogen-bond donors (Lipinski definition) is 3. The highest BCUT2D eigenvalue weighted by molar-refractivity contribution is 5.97. The molecule has 0 bridgehead atoms. The molecular weight excluding hydrogens is 432 g/mol. The summed E-state index contributed by atoms with van der Waals surface area (Å²) in [6, 6.07) is 17.2. The van der Waals surface area contributed by atoms with Gasteiger partial charge in [-0.05, 0) is 55.3 Å². The number of pyridine rings is 1. The molecule has 34 heavy (non-hydrogen) atoms. The number of imidazole rings is 1. The predicted molar refractivity (Wildman–Crippen MR) is 128 cm³/mol. The molecule has 0 unspecified atom stereocenters. The molecule has 2 heterocycles. The minimum absolute atomic E-state index is 0.0390. The van der Waals surface area contributed by atoms with Crippen molar-refractivity contribution in [2.75, 3.05) is 13.1 Å². The first-order valence-electron chi connectivity index (χ1n) is 11.0. The normalized spacial score (nSPS) is 10.7. The Kier molecular flexibility index (Phi) is 7.07. The number of nitrogens with one attached hydrogen (secondary N) is 2. The second kappa shape index (κ2) is 10.5. The Bertz CT molecular complexity index is 1320. The molecule has 0 aliphatic heterocycles. The zero-order valence-electron chi connectivity index (χ0n) is 18.8. The standard InChI is InChI=1S/C26H26N4O4/c1-18-7-5-14-30-16-20(29-24(18)30)17-34-23-11-3-2-10-22(23)26(33)28-13-6-12-27-25(32)19-8-4-9-21(31)15-19/h2-5,7-11,14-16,31H,6,12-13,17H2,1H3,(H,27,32)(H,28,33). The summed E-state index contributed by atoms with van der Waals surface area (Å²) in [6.45, 7) is 3.02. The minimum atomic E-state index is -0.275. The van der Waals surface area contributed by atoms with Gasteiger partial charge >= 0.3 is 0 Å². The first-order valence-corrected chi connectivity index (χ1v) is 11.0. The van der Waals surface area contributed by atoms with Crippen LogP contribution >= 0.6 is 0 Å². The summed E-state index contributed by atoms with van der Waals surface area (Å²) in [4.78, 5) is 29.4. The van der Waals surface area contributed by atoms with Gasteiger partial charge in [-0.3, -0.25) is 9.59 Å². The third kappa shape index (κ3) is 5.53. The van der Waals surface area contributed by atoms with Gasteiger partial charge in [-0.25, -0.2) is 4.98 Å². The highest BCUT2D eigenvalue weighted by Crippen LogP contribution is 2.20. The van der Waals surface area contributed by atoms with Crippen molar-refractivity contribution < 1.29 is 19.4 Å². The summed E-state index contributed by atoms with van der Waals surface area (Å²) in [7, 11) is 0. The fraction of sp³-hybridized carbons (Fsp3) is 0.192. The van der Waals surface area contributed by atoms with E-state index in [9.17, 15) is 14.7 Å². The van der Waals surface area contributed by atoms with E-state index in [1.54, 1.807) is 30.3 Å². The molecule has 8 nitrogen and oxygen atoms in total. The Hall–Kier alpha value is -4.33. The second-order valence-corrected chi connectivity index (χ2v) is 7.85. The summed E-state index contributed by atoms with van der Waals surface area (Å²) in [5, 5.41) is 15.1. The third-order valence-electron chi connectivity index (χ3n) is 5.27. The van der Waals surface area contributed by atoms with Crippen LogP contribution in [0.25, 0.3) is 5.65 Å². The van der Waals surface area contributed by atoms with E-state index < -0.39 is 0 Å². The number of carbonyl (C=O) groups excluding carboxylic acids is 2. The van der Waals surface area contributed by atoms with Gasteiger partial charge in [0.1, 0.15) is 23.8 Å². The van der Waals surface area contributed by atoms with Gasteiger partial charge in [0, 0.05) is 31.0 Å². The van der Waals surface area contributed by atoms with Crippen LogP contribution in [0, 0.1) is 6.92 Å². The topological polar surface area (TPSA) is 105 Å². The van der Waals surface area contributed by atoms with Crippen molar-refractivity contribution in [2.45, 2.75) is 20.0 Å². The molecule has 4 aromatic rings. The van der Waals surface area contributed by atoms with Gasteiger partial charge in [-0.15, -0.1) is 0 Å². The third-order valence-corrected chi connectivity index (χ3v) is 5.27. The van der Waals surface area contributed by atoms with Gasteiger partial charge < -0.3 is 24.9 Å². The Labute approximate surface area is 197 Å². The molecule has 3 N–H and O–H groups in total. The van der Waals surface area contributed by atoms with E-state index in [-0.39, 0.29) is 24.2 Å². The van der Waals surface area contributed by atoms with Crippen LogP contribution in [0.4, 0.5) is 0 Å². The fourth-order valence-electron chi connectivity index (χ4n) is 3.54. The molecule has 0 radical (unpaired) electrons. The number of aromatic nitrogens is 2. The Balaban J connectivity index is 1.27. The van der Waals surface area contributed by atoms with Gasteiger partial charge in [0.2, 0.25) is 0 Å². The Morgan fingerprint density at radius 2 is 1.79 bits per heavy atom. The van der Waals surface area contributed by atoms with Crippen molar-refractivity contribution in [1.29, 1.82) is 0 Å². The number of phenols is 1. The van der Waals surface area contributed by atoms with Crippen LogP contribution in [0.15, 0.2) is 73.1 Å².